The largest absolute Gasteiger partial charge is 0.350 e. The molecule has 166 valence electrons. The number of amides is 2. The second-order valence-electron chi connectivity index (χ2n) is 7.97. The Bertz CT molecular complexity index is 1050. The van der Waals surface area contributed by atoms with Crippen molar-refractivity contribution in [3.8, 4) is 0 Å². The van der Waals surface area contributed by atoms with Crippen LogP contribution in [0.25, 0.3) is 0 Å². The van der Waals surface area contributed by atoms with E-state index in [4.69, 9.17) is 0 Å². The molecular weight excluding hydrogens is 425 g/mol. The fraction of sp³-hybridized carbons (Fsp3) is 0.320. The summed E-state index contributed by atoms with van der Waals surface area (Å²) in [7, 11) is 0. The van der Waals surface area contributed by atoms with Crippen molar-refractivity contribution in [2.24, 2.45) is 0 Å². The van der Waals surface area contributed by atoms with Crippen molar-refractivity contribution in [2.75, 3.05) is 6.54 Å². The lowest BCUT2D eigenvalue weighted by Gasteiger charge is -2.25. The minimum atomic E-state index is -0.284. The molecule has 1 unspecified atom stereocenters. The number of aromatic nitrogens is 1. The predicted molar refractivity (Wildman–Crippen MR) is 123 cm³/mol. The smallest absolute Gasteiger partial charge is 0.223 e. The molecule has 2 aromatic carbocycles. The summed E-state index contributed by atoms with van der Waals surface area (Å²) in [5.41, 5.74) is 3.13. The van der Waals surface area contributed by atoms with Gasteiger partial charge >= 0.3 is 0 Å². The number of carbonyl (C=O) groups excluding carboxylic acids is 2. The normalized spacial score (nSPS) is 15.7. The molecule has 1 fully saturated rings. The van der Waals surface area contributed by atoms with Crippen molar-refractivity contribution in [1.82, 2.24) is 15.2 Å². The van der Waals surface area contributed by atoms with E-state index in [1.54, 1.807) is 12.1 Å². The third kappa shape index (κ3) is 5.79. The molecule has 0 spiro atoms. The monoisotopic (exact) mass is 451 g/mol. The van der Waals surface area contributed by atoms with Gasteiger partial charge < -0.3 is 10.2 Å². The quantitative estimate of drug-likeness (QED) is 0.543. The molecule has 1 atom stereocenters. The summed E-state index contributed by atoms with van der Waals surface area (Å²) < 4.78 is 13.2. The van der Waals surface area contributed by atoms with Crippen LogP contribution in [0.4, 0.5) is 4.39 Å². The van der Waals surface area contributed by atoms with Crippen molar-refractivity contribution in [3.63, 3.8) is 0 Å². The van der Waals surface area contributed by atoms with Crippen LogP contribution in [-0.2, 0) is 22.6 Å². The maximum Gasteiger partial charge on any atom is 0.223 e. The number of nitrogens with zero attached hydrogens (tertiary/aromatic N) is 2. The van der Waals surface area contributed by atoms with E-state index in [-0.39, 0.29) is 36.5 Å². The van der Waals surface area contributed by atoms with E-state index in [1.165, 1.54) is 29.0 Å². The average Bonchev–Trinajstić information content (AvgIpc) is 3.47. The molecule has 7 heteroatoms. The molecule has 5 nitrogen and oxygen atoms in total. The Morgan fingerprint density at radius 3 is 2.66 bits per heavy atom. The molecule has 4 rings (SSSR count). The van der Waals surface area contributed by atoms with Gasteiger partial charge in [0.05, 0.1) is 18.3 Å². The lowest BCUT2D eigenvalue weighted by molar-refractivity contribution is -0.134. The van der Waals surface area contributed by atoms with Crippen molar-refractivity contribution in [3.05, 3.63) is 87.6 Å². The second kappa shape index (κ2) is 10.5. The van der Waals surface area contributed by atoms with E-state index in [9.17, 15) is 14.0 Å². The Morgan fingerprint density at radius 2 is 1.88 bits per heavy atom. The highest BCUT2D eigenvalue weighted by molar-refractivity contribution is 7.09. The first kappa shape index (κ1) is 22.1. The minimum absolute atomic E-state index is 0.0358. The van der Waals surface area contributed by atoms with Gasteiger partial charge in [-0.1, -0.05) is 42.5 Å². The van der Waals surface area contributed by atoms with Gasteiger partial charge in [-0.05, 0) is 36.1 Å². The van der Waals surface area contributed by atoms with Crippen molar-refractivity contribution in [2.45, 2.75) is 44.7 Å². The van der Waals surface area contributed by atoms with E-state index < -0.39 is 0 Å². The maximum absolute atomic E-state index is 13.2. The van der Waals surface area contributed by atoms with E-state index in [2.05, 4.69) is 22.4 Å². The van der Waals surface area contributed by atoms with E-state index >= 15 is 0 Å². The average molecular weight is 452 g/mol. The highest BCUT2D eigenvalue weighted by Gasteiger charge is 2.29. The topological polar surface area (TPSA) is 62.3 Å². The molecule has 2 heterocycles. The number of rotatable bonds is 8. The second-order valence-corrected chi connectivity index (χ2v) is 8.91. The van der Waals surface area contributed by atoms with Crippen LogP contribution in [0.3, 0.4) is 0 Å². The van der Waals surface area contributed by atoms with Crippen LogP contribution in [0, 0.1) is 5.82 Å². The molecule has 0 aliphatic carbocycles. The number of likely N-dealkylation sites (tertiary alicyclic amines) is 1. The lowest BCUT2D eigenvalue weighted by Crippen LogP contribution is -2.32. The van der Waals surface area contributed by atoms with Gasteiger partial charge in [-0.2, -0.15) is 0 Å². The Morgan fingerprint density at radius 1 is 1.09 bits per heavy atom. The number of nitrogens with one attached hydrogen (secondary N) is 1. The van der Waals surface area contributed by atoms with Gasteiger partial charge in [0.1, 0.15) is 10.8 Å². The molecule has 3 aromatic rings. The summed E-state index contributed by atoms with van der Waals surface area (Å²) in [5, 5.41) is 5.74. The molecule has 0 saturated carbocycles. The summed E-state index contributed by atoms with van der Waals surface area (Å²) in [6, 6.07) is 16.4. The maximum atomic E-state index is 13.2. The first-order chi connectivity index (χ1) is 15.6. The molecule has 32 heavy (non-hydrogen) atoms. The van der Waals surface area contributed by atoms with Crippen LogP contribution in [0.1, 0.15) is 53.6 Å². The van der Waals surface area contributed by atoms with E-state index in [0.717, 1.165) is 35.5 Å². The standard InChI is InChI=1S/C25H26FN3O2S/c26-20-10-8-19(9-11-20)22-7-4-14-29(22)25(31)13-12-23(30)27-16-24-28-21(17-32-24)15-18-5-2-1-3-6-18/h1-3,5-6,8-11,17,22H,4,7,12-16H2,(H,27,30). The Kier molecular flexibility index (Phi) is 7.27. The summed E-state index contributed by atoms with van der Waals surface area (Å²) in [6.07, 6.45) is 2.85. The van der Waals surface area contributed by atoms with Gasteiger partial charge in [-0.25, -0.2) is 9.37 Å². The van der Waals surface area contributed by atoms with Crippen LogP contribution in [-0.4, -0.2) is 28.2 Å². The van der Waals surface area contributed by atoms with Crippen LogP contribution in [0.2, 0.25) is 0 Å². The summed E-state index contributed by atoms with van der Waals surface area (Å²) in [4.78, 5) is 31.4. The number of hydrogen-bond donors (Lipinski definition) is 1. The molecule has 1 aliphatic heterocycles. The number of hydrogen-bond acceptors (Lipinski definition) is 4. The molecule has 1 saturated heterocycles. The minimum Gasteiger partial charge on any atom is -0.350 e. The van der Waals surface area contributed by atoms with Gasteiger partial charge in [-0.3, -0.25) is 9.59 Å². The highest BCUT2D eigenvalue weighted by Crippen LogP contribution is 2.32. The number of halogens is 1. The molecule has 0 bridgehead atoms. The van der Waals surface area contributed by atoms with Crippen LogP contribution < -0.4 is 5.32 Å². The first-order valence-electron chi connectivity index (χ1n) is 10.9. The number of thiazole rings is 1. The summed E-state index contributed by atoms with van der Waals surface area (Å²) in [6.45, 7) is 1.04. The zero-order valence-electron chi connectivity index (χ0n) is 17.8. The van der Waals surface area contributed by atoms with E-state index in [0.29, 0.717) is 13.1 Å². The Balaban J connectivity index is 1.22. The van der Waals surface area contributed by atoms with Gasteiger partial charge in [-0.15, -0.1) is 11.3 Å². The van der Waals surface area contributed by atoms with Crippen molar-refractivity contribution < 1.29 is 14.0 Å². The van der Waals surface area contributed by atoms with E-state index in [1.807, 2.05) is 28.5 Å². The molecular formula is C25H26FN3O2S. The first-order valence-corrected chi connectivity index (χ1v) is 11.8. The molecule has 0 radical (unpaired) electrons. The molecule has 1 aromatic heterocycles. The summed E-state index contributed by atoms with van der Waals surface area (Å²) >= 11 is 1.53. The third-order valence-electron chi connectivity index (χ3n) is 5.66. The van der Waals surface area contributed by atoms with Gasteiger partial charge in [0.2, 0.25) is 11.8 Å². The third-order valence-corrected chi connectivity index (χ3v) is 6.56. The molecule has 1 N–H and O–H groups in total. The summed E-state index contributed by atoms with van der Waals surface area (Å²) in [5.74, 6) is -0.476. The zero-order valence-corrected chi connectivity index (χ0v) is 18.6. The molecule has 1 aliphatic rings. The fourth-order valence-electron chi connectivity index (χ4n) is 4.04. The predicted octanol–water partition coefficient (Wildman–Crippen LogP) is 4.63. The highest BCUT2D eigenvalue weighted by atomic mass is 32.1. The van der Waals surface area contributed by atoms with Crippen LogP contribution in [0.5, 0.6) is 0 Å². The van der Waals surface area contributed by atoms with Gasteiger partial charge in [0, 0.05) is 31.2 Å². The van der Waals surface area contributed by atoms with Crippen molar-refractivity contribution >= 4 is 23.2 Å². The van der Waals surface area contributed by atoms with Crippen LogP contribution >= 0.6 is 11.3 Å². The molecule has 2 amide bonds. The zero-order chi connectivity index (χ0) is 22.3. The van der Waals surface area contributed by atoms with Crippen molar-refractivity contribution in [1.29, 1.82) is 0 Å². The SMILES string of the molecule is O=C(CCC(=O)N1CCCC1c1ccc(F)cc1)NCc1nc(Cc2ccccc2)cs1. The lowest BCUT2D eigenvalue weighted by atomic mass is 10.0. The number of carbonyl (C=O) groups is 2. The van der Waals surface area contributed by atoms with Gasteiger partial charge in [0.15, 0.2) is 0 Å². The Hall–Kier alpha value is -3.06. The number of benzene rings is 2. The Labute approximate surface area is 191 Å². The van der Waals surface area contributed by atoms with Gasteiger partial charge in [0.25, 0.3) is 0 Å². The fourth-order valence-corrected chi connectivity index (χ4v) is 4.77. The van der Waals surface area contributed by atoms with Crippen LogP contribution in [0.15, 0.2) is 60.0 Å².